The number of rotatable bonds is 7. The average molecular weight is 447 g/mol. The van der Waals surface area contributed by atoms with Crippen LogP contribution in [0.25, 0.3) is 0 Å². The van der Waals surface area contributed by atoms with Gasteiger partial charge in [-0.3, -0.25) is 10.2 Å². The van der Waals surface area contributed by atoms with Crippen molar-refractivity contribution in [2.24, 2.45) is 5.73 Å². The van der Waals surface area contributed by atoms with E-state index in [1.165, 1.54) is 20.2 Å². The topological polar surface area (TPSA) is 123 Å². The SMILES string of the molecule is COc1cnc(C(=O)Nc2cc(F)c(F)c([C@H](C)CC(OC(=N)N)C(F)(F)F)c2)cn1. The lowest BCUT2D eigenvalue weighted by Crippen LogP contribution is -2.37. The van der Waals surface area contributed by atoms with Crippen molar-refractivity contribution < 1.29 is 36.2 Å². The number of nitrogens with one attached hydrogen (secondary N) is 2. The van der Waals surface area contributed by atoms with Crippen molar-refractivity contribution in [1.82, 2.24) is 9.97 Å². The Bertz CT molecular complexity index is 953. The van der Waals surface area contributed by atoms with Crippen LogP contribution >= 0.6 is 0 Å². The monoisotopic (exact) mass is 447 g/mol. The molecule has 0 radical (unpaired) electrons. The predicted molar refractivity (Wildman–Crippen MR) is 98.8 cm³/mol. The molecule has 4 N–H and O–H groups in total. The number of anilines is 1. The number of carbonyl (C=O) groups is 1. The van der Waals surface area contributed by atoms with E-state index >= 15 is 0 Å². The normalized spacial score (nSPS) is 13.3. The van der Waals surface area contributed by atoms with Crippen LogP contribution in [0.2, 0.25) is 0 Å². The molecule has 0 aliphatic carbocycles. The van der Waals surface area contributed by atoms with Crippen LogP contribution in [0.1, 0.15) is 35.3 Å². The van der Waals surface area contributed by atoms with E-state index in [9.17, 15) is 26.7 Å². The maximum absolute atomic E-state index is 14.3. The highest BCUT2D eigenvalue weighted by Gasteiger charge is 2.43. The summed E-state index contributed by atoms with van der Waals surface area (Å²) >= 11 is 0. The summed E-state index contributed by atoms with van der Waals surface area (Å²) in [5.41, 5.74) is 4.07. The maximum atomic E-state index is 14.3. The molecule has 1 aromatic heterocycles. The highest BCUT2D eigenvalue weighted by Crippen LogP contribution is 2.34. The molecule has 1 aromatic carbocycles. The van der Waals surface area contributed by atoms with Crippen molar-refractivity contribution in [3.8, 4) is 5.88 Å². The third-order valence-corrected chi connectivity index (χ3v) is 4.12. The second-order valence-electron chi connectivity index (χ2n) is 6.41. The van der Waals surface area contributed by atoms with Crippen molar-refractivity contribution in [3.63, 3.8) is 0 Å². The number of aromatic nitrogens is 2. The number of amidine groups is 1. The van der Waals surface area contributed by atoms with Crippen LogP contribution in [-0.2, 0) is 4.74 Å². The largest absolute Gasteiger partial charge is 0.480 e. The van der Waals surface area contributed by atoms with Crippen LogP contribution < -0.4 is 15.8 Å². The third kappa shape index (κ3) is 6.23. The van der Waals surface area contributed by atoms with Gasteiger partial charge in [0.15, 0.2) is 17.7 Å². The molecule has 31 heavy (non-hydrogen) atoms. The van der Waals surface area contributed by atoms with Crippen LogP contribution in [0.3, 0.4) is 0 Å². The predicted octanol–water partition coefficient (Wildman–Crippen LogP) is 3.35. The summed E-state index contributed by atoms with van der Waals surface area (Å²) in [4.78, 5) is 19.8. The van der Waals surface area contributed by atoms with Gasteiger partial charge in [-0.25, -0.2) is 18.7 Å². The van der Waals surface area contributed by atoms with Crippen LogP contribution in [0.15, 0.2) is 24.5 Å². The zero-order valence-corrected chi connectivity index (χ0v) is 16.3. The lowest BCUT2D eigenvalue weighted by Gasteiger charge is -2.24. The highest BCUT2D eigenvalue weighted by atomic mass is 19.4. The van der Waals surface area contributed by atoms with E-state index < -0.39 is 53.7 Å². The second-order valence-corrected chi connectivity index (χ2v) is 6.41. The molecule has 2 aromatic rings. The number of hydrogen-bond acceptors (Lipinski definition) is 6. The number of nitrogens with two attached hydrogens (primary N) is 1. The van der Waals surface area contributed by atoms with Gasteiger partial charge in [0.1, 0.15) is 5.69 Å². The van der Waals surface area contributed by atoms with E-state index in [2.05, 4.69) is 20.0 Å². The molecule has 168 valence electrons. The van der Waals surface area contributed by atoms with Crippen LogP contribution in [0, 0.1) is 17.0 Å². The van der Waals surface area contributed by atoms with E-state index in [4.69, 9.17) is 15.9 Å². The van der Waals surface area contributed by atoms with Gasteiger partial charge in [0, 0.05) is 18.2 Å². The van der Waals surface area contributed by atoms with E-state index in [-0.39, 0.29) is 17.3 Å². The Morgan fingerprint density at radius 2 is 1.94 bits per heavy atom. The Balaban J connectivity index is 2.26. The number of hydrogen-bond donors (Lipinski definition) is 3. The summed E-state index contributed by atoms with van der Waals surface area (Å²) in [6, 6.07) is 0.509. The Morgan fingerprint density at radius 3 is 2.45 bits per heavy atom. The lowest BCUT2D eigenvalue weighted by molar-refractivity contribution is -0.202. The molecule has 8 nitrogen and oxygen atoms in total. The molecule has 0 saturated heterocycles. The van der Waals surface area contributed by atoms with Gasteiger partial charge in [-0.15, -0.1) is 0 Å². The van der Waals surface area contributed by atoms with Crippen molar-refractivity contribution in [2.45, 2.75) is 31.5 Å². The zero-order valence-electron chi connectivity index (χ0n) is 16.3. The van der Waals surface area contributed by atoms with Crippen LogP contribution in [0.4, 0.5) is 27.6 Å². The van der Waals surface area contributed by atoms with Gasteiger partial charge in [-0.2, -0.15) is 13.2 Å². The number of carbonyl (C=O) groups excluding carboxylic acids is 1. The van der Waals surface area contributed by atoms with Crippen molar-refractivity contribution in [3.05, 3.63) is 47.4 Å². The van der Waals surface area contributed by atoms with E-state index in [1.807, 2.05) is 0 Å². The Morgan fingerprint density at radius 1 is 1.26 bits per heavy atom. The van der Waals surface area contributed by atoms with Crippen LogP contribution in [-0.4, -0.2) is 41.3 Å². The van der Waals surface area contributed by atoms with E-state index in [1.54, 1.807) is 0 Å². The molecule has 0 fully saturated rings. The van der Waals surface area contributed by atoms with Gasteiger partial charge in [0.05, 0.1) is 19.5 Å². The van der Waals surface area contributed by atoms with Crippen molar-refractivity contribution >= 4 is 17.6 Å². The van der Waals surface area contributed by atoms with Gasteiger partial charge in [-0.05, 0) is 17.5 Å². The number of ether oxygens (including phenoxy) is 2. The summed E-state index contributed by atoms with van der Waals surface area (Å²) in [5, 5.41) is 9.18. The molecule has 0 spiro atoms. The first-order chi connectivity index (χ1) is 14.4. The fourth-order valence-corrected chi connectivity index (χ4v) is 2.62. The summed E-state index contributed by atoms with van der Waals surface area (Å²) < 4.78 is 76.7. The number of alkyl halides is 3. The molecular formula is C18H18F5N5O3. The minimum absolute atomic E-state index is 0.146. The van der Waals surface area contributed by atoms with E-state index in [0.29, 0.717) is 6.07 Å². The number of methoxy groups -OCH3 is 1. The molecule has 2 rings (SSSR count). The first-order valence-electron chi connectivity index (χ1n) is 8.66. The van der Waals surface area contributed by atoms with Gasteiger partial charge < -0.3 is 20.5 Å². The van der Waals surface area contributed by atoms with Crippen molar-refractivity contribution in [2.75, 3.05) is 12.4 Å². The molecular weight excluding hydrogens is 429 g/mol. The number of amides is 1. The Labute approximate surface area is 173 Å². The fourth-order valence-electron chi connectivity index (χ4n) is 2.62. The highest BCUT2D eigenvalue weighted by molar-refractivity contribution is 6.02. The molecule has 2 atom stereocenters. The molecule has 1 amide bonds. The summed E-state index contributed by atoms with van der Waals surface area (Å²) in [7, 11) is 1.35. The first kappa shape index (κ1) is 23.8. The maximum Gasteiger partial charge on any atom is 0.425 e. The first-order valence-corrected chi connectivity index (χ1v) is 8.66. The molecule has 1 heterocycles. The van der Waals surface area contributed by atoms with Crippen molar-refractivity contribution in [1.29, 1.82) is 5.41 Å². The quantitative estimate of drug-likeness (QED) is 0.340. The zero-order chi connectivity index (χ0) is 23.3. The van der Waals surface area contributed by atoms with Gasteiger partial charge >= 0.3 is 6.18 Å². The third-order valence-electron chi connectivity index (χ3n) is 4.12. The minimum Gasteiger partial charge on any atom is -0.480 e. The summed E-state index contributed by atoms with van der Waals surface area (Å²) in [5.74, 6) is -4.63. The van der Waals surface area contributed by atoms with E-state index in [0.717, 1.165) is 12.3 Å². The minimum atomic E-state index is -4.90. The second kappa shape index (κ2) is 9.53. The number of halogens is 5. The molecule has 1 unspecified atom stereocenters. The average Bonchev–Trinajstić information content (AvgIpc) is 2.69. The fraction of sp³-hybridized carbons (Fsp3) is 0.333. The van der Waals surface area contributed by atoms with Gasteiger partial charge in [0.2, 0.25) is 5.88 Å². The molecule has 0 aliphatic heterocycles. The molecule has 0 bridgehead atoms. The smallest absolute Gasteiger partial charge is 0.425 e. The van der Waals surface area contributed by atoms with Gasteiger partial charge in [0.25, 0.3) is 11.9 Å². The number of benzene rings is 1. The Kier molecular flexibility index (Phi) is 7.31. The van der Waals surface area contributed by atoms with Crippen LogP contribution in [0.5, 0.6) is 5.88 Å². The lowest BCUT2D eigenvalue weighted by atomic mass is 9.93. The Hall–Kier alpha value is -3.51. The molecule has 0 aliphatic rings. The summed E-state index contributed by atoms with van der Waals surface area (Å²) in [6.07, 6.45) is -5.99. The molecule has 13 heteroatoms. The summed E-state index contributed by atoms with van der Waals surface area (Å²) in [6.45, 7) is 1.21. The molecule has 0 saturated carbocycles. The van der Waals surface area contributed by atoms with Gasteiger partial charge in [-0.1, -0.05) is 6.92 Å². The number of nitrogens with zero attached hydrogens (tertiary/aromatic N) is 2. The standard InChI is InChI=1S/C18H18F5N5O3/c1-8(3-13(18(21,22)23)31-17(24)25)10-4-9(5-11(19)15(10)20)28-16(29)12-6-27-14(30-2)7-26-12/h4-8,13H,3H2,1-2H3,(H3,24,25)(H,28,29)/t8-,13?/m1/s1.